The Morgan fingerprint density at radius 3 is 1.95 bits per heavy atom. The quantitative estimate of drug-likeness (QED) is 0.788. The van der Waals surface area contributed by atoms with Gasteiger partial charge in [-0.3, -0.25) is 0 Å². The van der Waals surface area contributed by atoms with Crippen LogP contribution in [0.5, 0.6) is 17.2 Å². The van der Waals surface area contributed by atoms with Gasteiger partial charge in [-0.05, 0) is 47.7 Å². The van der Waals surface area contributed by atoms with Gasteiger partial charge in [0.2, 0.25) is 0 Å². The highest BCUT2D eigenvalue weighted by Gasteiger charge is 2.14. The molecule has 0 radical (unpaired) electrons. The summed E-state index contributed by atoms with van der Waals surface area (Å²) in [5.74, 6) is 0.373. The van der Waals surface area contributed by atoms with E-state index < -0.39 is 0 Å². The minimum absolute atomic E-state index is 0.0359. The molecule has 19 heavy (non-hydrogen) atoms. The zero-order chi connectivity index (χ0) is 14.0. The second kappa shape index (κ2) is 5.22. The largest absolute Gasteiger partial charge is 0.508 e. The molecular formula is C16H18O3. The summed E-state index contributed by atoms with van der Waals surface area (Å²) in [6.45, 7) is 4.02. The smallest absolute Gasteiger partial charge is 0.127 e. The van der Waals surface area contributed by atoms with Gasteiger partial charge in [0.25, 0.3) is 0 Å². The van der Waals surface area contributed by atoms with Crippen LogP contribution in [0.2, 0.25) is 0 Å². The highest BCUT2D eigenvalue weighted by molar-refractivity contribution is 5.76. The molecule has 2 aromatic carbocycles. The molecule has 0 saturated carbocycles. The molecule has 0 amide bonds. The van der Waals surface area contributed by atoms with Gasteiger partial charge in [-0.15, -0.1) is 0 Å². The van der Waals surface area contributed by atoms with Gasteiger partial charge in [0, 0.05) is 11.6 Å². The third-order valence-electron chi connectivity index (χ3n) is 3.39. The average Bonchev–Trinajstić information content (AvgIpc) is 2.39. The number of phenols is 3. The summed E-state index contributed by atoms with van der Waals surface area (Å²) < 4.78 is 0. The monoisotopic (exact) mass is 258 g/mol. The molecule has 100 valence electrons. The summed E-state index contributed by atoms with van der Waals surface area (Å²) in [5, 5.41) is 29.2. The normalized spacial score (nSPS) is 10.6. The maximum atomic E-state index is 9.98. The lowest BCUT2D eigenvalue weighted by Crippen LogP contribution is -1.96. The van der Waals surface area contributed by atoms with Crippen molar-refractivity contribution in [2.75, 3.05) is 0 Å². The first kappa shape index (κ1) is 13.3. The molecule has 0 aromatic heterocycles. The van der Waals surface area contributed by atoms with Crippen molar-refractivity contribution >= 4 is 0 Å². The predicted molar refractivity (Wildman–Crippen MR) is 75.6 cm³/mol. The van der Waals surface area contributed by atoms with Crippen LogP contribution < -0.4 is 0 Å². The number of benzene rings is 2. The molecule has 0 aliphatic rings. The Kier molecular flexibility index (Phi) is 3.65. The molecule has 2 aromatic rings. The van der Waals surface area contributed by atoms with Gasteiger partial charge in [0.15, 0.2) is 0 Å². The number of hydrogen-bond acceptors (Lipinski definition) is 3. The van der Waals surface area contributed by atoms with Crippen LogP contribution in [-0.4, -0.2) is 15.3 Å². The molecular weight excluding hydrogens is 240 g/mol. The fourth-order valence-corrected chi connectivity index (χ4v) is 2.48. The van der Waals surface area contributed by atoms with Crippen molar-refractivity contribution in [2.24, 2.45) is 0 Å². The number of rotatable bonds is 3. The molecule has 3 heteroatoms. The Hall–Kier alpha value is -2.16. The third-order valence-corrected chi connectivity index (χ3v) is 3.39. The predicted octanol–water partition coefficient (Wildman–Crippen LogP) is 3.60. The Balaban J connectivity index is 2.68. The van der Waals surface area contributed by atoms with Gasteiger partial charge in [-0.25, -0.2) is 0 Å². The topological polar surface area (TPSA) is 60.7 Å². The van der Waals surface area contributed by atoms with Gasteiger partial charge >= 0.3 is 0 Å². The van der Waals surface area contributed by atoms with Crippen LogP contribution in [0.15, 0.2) is 30.3 Å². The molecule has 0 spiro atoms. The second-order valence-corrected chi connectivity index (χ2v) is 4.50. The first-order valence-corrected chi connectivity index (χ1v) is 6.44. The molecule has 0 aliphatic carbocycles. The Bertz CT molecular complexity index is 603. The molecule has 3 N–H and O–H groups in total. The molecule has 0 atom stereocenters. The first-order valence-electron chi connectivity index (χ1n) is 6.44. The van der Waals surface area contributed by atoms with Gasteiger partial charge in [0.05, 0.1) is 0 Å². The Labute approximate surface area is 112 Å². The van der Waals surface area contributed by atoms with Gasteiger partial charge in [-0.1, -0.05) is 19.9 Å². The fraction of sp³-hybridized carbons (Fsp3) is 0.250. The summed E-state index contributed by atoms with van der Waals surface area (Å²) in [6, 6.07) is 8.02. The van der Waals surface area contributed by atoms with E-state index in [0.29, 0.717) is 11.3 Å². The van der Waals surface area contributed by atoms with E-state index in [4.69, 9.17) is 0 Å². The van der Waals surface area contributed by atoms with Crippen LogP contribution in [-0.2, 0) is 12.8 Å². The van der Waals surface area contributed by atoms with E-state index in [2.05, 4.69) is 0 Å². The first-order chi connectivity index (χ1) is 9.08. The SMILES string of the molecule is CCc1c(O)ccc(-c2ccc(O)cc2O)c1CC. The fourth-order valence-electron chi connectivity index (χ4n) is 2.48. The van der Waals surface area contributed by atoms with E-state index in [0.717, 1.165) is 29.5 Å². The number of aromatic hydroxyl groups is 3. The second-order valence-electron chi connectivity index (χ2n) is 4.50. The van der Waals surface area contributed by atoms with E-state index in [1.807, 2.05) is 13.8 Å². The molecule has 0 aliphatic heterocycles. The third kappa shape index (κ3) is 2.36. The van der Waals surface area contributed by atoms with Crippen LogP contribution >= 0.6 is 0 Å². The van der Waals surface area contributed by atoms with Gasteiger partial charge in [0.1, 0.15) is 17.2 Å². The van der Waals surface area contributed by atoms with Crippen molar-refractivity contribution in [1.29, 1.82) is 0 Å². The molecule has 2 rings (SSSR count). The van der Waals surface area contributed by atoms with Crippen LogP contribution in [0.3, 0.4) is 0 Å². The van der Waals surface area contributed by atoms with Crippen LogP contribution in [0, 0.1) is 0 Å². The summed E-state index contributed by atoms with van der Waals surface area (Å²) in [4.78, 5) is 0. The lowest BCUT2D eigenvalue weighted by atomic mass is 9.91. The minimum Gasteiger partial charge on any atom is -0.508 e. The molecule has 0 bridgehead atoms. The van der Waals surface area contributed by atoms with E-state index in [1.54, 1.807) is 24.3 Å². The lowest BCUT2D eigenvalue weighted by Gasteiger charge is -2.15. The van der Waals surface area contributed by atoms with Gasteiger partial charge < -0.3 is 15.3 Å². The van der Waals surface area contributed by atoms with E-state index >= 15 is 0 Å². The van der Waals surface area contributed by atoms with Crippen molar-refractivity contribution in [3.05, 3.63) is 41.5 Å². The summed E-state index contributed by atoms with van der Waals surface area (Å²) in [5.41, 5.74) is 3.51. The van der Waals surface area contributed by atoms with Crippen LogP contribution in [0.4, 0.5) is 0 Å². The number of phenolic OH excluding ortho intramolecular Hbond substituents is 3. The molecule has 0 fully saturated rings. The van der Waals surface area contributed by atoms with E-state index in [1.165, 1.54) is 6.07 Å². The van der Waals surface area contributed by atoms with E-state index in [-0.39, 0.29) is 11.5 Å². The maximum Gasteiger partial charge on any atom is 0.127 e. The van der Waals surface area contributed by atoms with Crippen LogP contribution in [0.25, 0.3) is 11.1 Å². The molecule has 3 nitrogen and oxygen atoms in total. The standard InChI is InChI=1S/C16H18O3/c1-3-11-12(4-2)15(18)8-7-13(11)14-6-5-10(17)9-16(14)19/h5-9,17-19H,3-4H2,1-2H3. The number of hydrogen-bond donors (Lipinski definition) is 3. The Morgan fingerprint density at radius 1 is 0.737 bits per heavy atom. The highest BCUT2D eigenvalue weighted by atomic mass is 16.3. The zero-order valence-corrected chi connectivity index (χ0v) is 11.1. The zero-order valence-electron chi connectivity index (χ0n) is 11.1. The van der Waals surface area contributed by atoms with Crippen molar-refractivity contribution in [3.8, 4) is 28.4 Å². The van der Waals surface area contributed by atoms with Crippen molar-refractivity contribution in [3.63, 3.8) is 0 Å². The van der Waals surface area contributed by atoms with Crippen molar-refractivity contribution in [2.45, 2.75) is 26.7 Å². The summed E-state index contributed by atoms with van der Waals surface area (Å²) >= 11 is 0. The highest BCUT2D eigenvalue weighted by Crippen LogP contribution is 2.38. The van der Waals surface area contributed by atoms with E-state index in [9.17, 15) is 15.3 Å². The van der Waals surface area contributed by atoms with Crippen molar-refractivity contribution in [1.82, 2.24) is 0 Å². The Morgan fingerprint density at radius 2 is 1.37 bits per heavy atom. The summed E-state index contributed by atoms with van der Waals surface area (Å²) in [6.07, 6.45) is 1.51. The van der Waals surface area contributed by atoms with Gasteiger partial charge in [-0.2, -0.15) is 0 Å². The lowest BCUT2D eigenvalue weighted by molar-refractivity contribution is 0.451. The maximum absolute atomic E-state index is 9.98. The van der Waals surface area contributed by atoms with Crippen LogP contribution in [0.1, 0.15) is 25.0 Å². The molecule has 0 saturated heterocycles. The van der Waals surface area contributed by atoms with Crippen molar-refractivity contribution < 1.29 is 15.3 Å². The molecule has 0 heterocycles. The summed E-state index contributed by atoms with van der Waals surface area (Å²) in [7, 11) is 0. The average molecular weight is 258 g/mol. The molecule has 0 unspecified atom stereocenters. The minimum atomic E-state index is 0.0359.